The Kier molecular flexibility index (Phi) is 4.63. The molecule has 1 heterocycles. The summed E-state index contributed by atoms with van der Waals surface area (Å²) in [6.07, 6.45) is 0.487. The number of hydrogen-bond donors (Lipinski definition) is 1. The predicted molar refractivity (Wildman–Crippen MR) is 75.8 cm³/mol. The van der Waals surface area contributed by atoms with Crippen LogP contribution in [0.1, 0.15) is 5.56 Å². The normalized spacial score (nSPS) is 26.9. The van der Waals surface area contributed by atoms with Gasteiger partial charge in [-0.25, -0.2) is 8.42 Å². The third-order valence-electron chi connectivity index (χ3n) is 2.86. The number of benzene rings is 1. The largest absolute Gasteiger partial charge is 0.394 e. The molecule has 112 valence electrons. The van der Waals surface area contributed by atoms with Crippen LogP contribution < -0.4 is 0 Å². The van der Waals surface area contributed by atoms with Gasteiger partial charge in [-0.1, -0.05) is 29.3 Å². The van der Waals surface area contributed by atoms with Crippen molar-refractivity contribution in [1.29, 1.82) is 0 Å². The van der Waals surface area contributed by atoms with Crippen LogP contribution in [0, 0.1) is 0 Å². The van der Waals surface area contributed by atoms with Crippen LogP contribution >= 0.6 is 23.2 Å². The number of rotatable bonds is 4. The topological polar surface area (TPSA) is 72.8 Å². The maximum atomic E-state index is 11.6. The Morgan fingerprint density at radius 3 is 2.65 bits per heavy atom. The molecule has 1 fully saturated rings. The van der Waals surface area contributed by atoms with Gasteiger partial charge in [0.2, 0.25) is 5.79 Å². The van der Waals surface area contributed by atoms with Crippen molar-refractivity contribution in [1.82, 2.24) is 0 Å². The van der Waals surface area contributed by atoms with Crippen LogP contribution in [-0.2, 0) is 25.1 Å². The Labute approximate surface area is 127 Å². The standard InChI is InChI=1S/C12H14Cl2O5S/c1-20(16,17)7-12(18-6-9(5-15)19-12)10-3-2-8(13)4-11(10)14/h2-4,9,15H,5-7H2,1H3/t9-,12-/m1/s1. The first-order valence-electron chi connectivity index (χ1n) is 5.82. The lowest BCUT2D eigenvalue weighted by Crippen LogP contribution is -2.36. The number of hydrogen-bond acceptors (Lipinski definition) is 5. The fourth-order valence-electron chi connectivity index (χ4n) is 2.09. The van der Waals surface area contributed by atoms with Crippen LogP contribution in [0.3, 0.4) is 0 Å². The third-order valence-corrected chi connectivity index (χ3v) is 4.31. The Hall–Kier alpha value is -0.370. The van der Waals surface area contributed by atoms with Crippen LogP contribution in [0.4, 0.5) is 0 Å². The quantitative estimate of drug-likeness (QED) is 0.901. The number of halogens is 2. The van der Waals surface area contributed by atoms with Crippen molar-refractivity contribution < 1.29 is 23.0 Å². The Bertz CT molecular complexity index is 604. The highest BCUT2D eigenvalue weighted by atomic mass is 35.5. The zero-order valence-corrected chi connectivity index (χ0v) is 13.0. The molecule has 0 aromatic heterocycles. The summed E-state index contributed by atoms with van der Waals surface area (Å²) in [5.41, 5.74) is 0.380. The molecule has 20 heavy (non-hydrogen) atoms. The summed E-state index contributed by atoms with van der Waals surface area (Å²) in [6, 6.07) is 4.63. The van der Waals surface area contributed by atoms with Gasteiger partial charge in [0, 0.05) is 16.8 Å². The third kappa shape index (κ3) is 3.44. The van der Waals surface area contributed by atoms with Crippen molar-refractivity contribution in [3.8, 4) is 0 Å². The van der Waals surface area contributed by atoms with E-state index in [0.29, 0.717) is 10.6 Å². The Morgan fingerprint density at radius 1 is 1.45 bits per heavy atom. The average Bonchev–Trinajstić information content (AvgIpc) is 2.70. The van der Waals surface area contributed by atoms with Gasteiger partial charge >= 0.3 is 0 Å². The fourth-order valence-corrected chi connectivity index (χ4v) is 3.64. The molecular weight excluding hydrogens is 327 g/mol. The predicted octanol–water partition coefficient (Wildman–Crippen LogP) is 1.60. The zero-order chi connectivity index (χ0) is 15.0. The molecule has 2 atom stereocenters. The summed E-state index contributed by atoms with van der Waals surface area (Å²) in [6.45, 7) is -0.179. The Morgan fingerprint density at radius 2 is 2.15 bits per heavy atom. The molecule has 5 nitrogen and oxygen atoms in total. The van der Waals surface area contributed by atoms with E-state index >= 15 is 0 Å². The van der Waals surface area contributed by atoms with Crippen molar-refractivity contribution >= 4 is 33.0 Å². The number of aliphatic hydroxyl groups is 1. The second-order valence-corrected chi connectivity index (χ2v) is 7.66. The number of ether oxygens (including phenoxy) is 2. The van der Waals surface area contributed by atoms with Crippen molar-refractivity contribution in [2.45, 2.75) is 11.9 Å². The maximum absolute atomic E-state index is 11.6. The number of aliphatic hydroxyl groups excluding tert-OH is 1. The van der Waals surface area contributed by atoms with Gasteiger partial charge in [-0.05, 0) is 12.1 Å². The molecule has 0 saturated carbocycles. The minimum atomic E-state index is -3.40. The van der Waals surface area contributed by atoms with Crippen LogP contribution in [0.5, 0.6) is 0 Å². The minimum Gasteiger partial charge on any atom is -0.394 e. The lowest BCUT2D eigenvalue weighted by molar-refractivity contribution is -0.162. The molecule has 8 heteroatoms. The summed E-state index contributed by atoms with van der Waals surface area (Å²) in [5.74, 6) is -1.90. The first-order valence-corrected chi connectivity index (χ1v) is 8.63. The lowest BCUT2D eigenvalue weighted by Gasteiger charge is -2.28. The maximum Gasteiger partial charge on any atom is 0.211 e. The van der Waals surface area contributed by atoms with Crippen molar-refractivity contribution in [2.24, 2.45) is 0 Å². The van der Waals surface area contributed by atoms with Crippen LogP contribution in [0.25, 0.3) is 0 Å². The molecule has 1 aliphatic rings. The average molecular weight is 341 g/mol. The van der Waals surface area contributed by atoms with E-state index in [1.165, 1.54) is 6.07 Å². The molecule has 1 saturated heterocycles. The smallest absolute Gasteiger partial charge is 0.211 e. The SMILES string of the molecule is CS(=O)(=O)C[C@@]1(c2ccc(Cl)cc2Cl)OC[C@@H](CO)O1. The highest BCUT2D eigenvalue weighted by molar-refractivity contribution is 7.90. The van der Waals surface area contributed by atoms with E-state index in [4.69, 9.17) is 37.8 Å². The summed E-state index contributed by atoms with van der Waals surface area (Å²) in [7, 11) is -3.40. The van der Waals surface area contributed by atoms with Crippen molar-refractivity contribution in [2.75, 3.05) is 25.2 Å². The highest BCUT2D eigenvalue weighted by Gasteiger charge is 2.46. The van der Waals surface area contributed by atoms with E-state index in [-0.39, 0.29) is 18.2 Å². The van der Waals surface area contributed by atoms with Gasteiger partial charge in [-0.15, -0.1) is 0 Å². The van der Waals surface area contributed by atoms with Gasteiger partial charge in [0.1, 0.15) is 11.9 Å². The monoisotopic (exact) mass is 340 g/mol. The molecule has 0 radical (unpaired) electrons. The van der Waals surface area contributed by atoms with Crippen molar-refractivity contribution in [3.63, 3.8) is 0 Å². The van der Waals surface area contributed by atoms with Crippen LogP contribution in [0.2, 0.25) is 10.0 Å². The molecule has 1 aromatic rings. The van der Waals surface area contributed by atoms with E-state index < -0.39 is 27.5 Å². The fraction of sp³-hybridized carbons (Fsp3) is 0.500. The zero-order valence-electron chi connectivity index (χ0n) is 10.7. The highest BCUT2D eigenvalue weighted by Crippen LogP contribution is 2.40. The second kappa shape index (κ2) is 5.79. The van der Waals surface area contributed by atoms with Gasteiger partial charge < -0.3 is 14.6 Å². The molecule has 1 aliphatic heterocycles. The van der Waals surface area contributed by atoms with Crippen LogP contribution in [0.15, 0.2) is 18.2 Å². The minimum absolute atomic E-state index is 0.0883. The molecule has 1 N–H and O–H groups in total. The molecule has 0 aliphatic carbocycles. The summed E-state index contributed by atoms with van der Waals surface area (Å²) < 4.78 is 34.4. The van der Waals surface area contributed by atoms with Gasteiger partial charge in [-0.3, -0.25) is 0 Å². The van der Waals surface area contributed by atoms with Crippen LogP contribution in [-0.4, -0.2) is 44.9 Å². The summed E-state index contributed by atoms with van der Waals surface area (Å²) in [4.78, 5) is 0. The van der Waals surface area contributed by atoms with E-state index in [1.54, 1.807) is 12.1 Å². The molecule has 0 unspecified atom stereocenters. The second-order valence-electron chi connectivity index (χ2n) is 4.68. The van der Waals surface area contributed by atoms with E-state index in [0.717, 1.165) is 6.26 Å². The molecule has 2 rings (SSSR count). The first kappa shape index (κ1) is 16.0. The van der Waals surface area contributed by atoms with Gasteiger partial charge in [0.15, 0.2) is 9.84 Å². The summed E-state index contributed by atoms with van der Waals surface area (Å²) >= 11 is 12.0. The van der Waals surface area contributed by atoms with E-state index in [2.05, 4.69) is 0 Å². The molecule has 1 aromatic carbocycles. The molecular formula is C12H14Cl2O5S. The van der Waals surface area contributed by atoms with Gasteiger partial charge in [-0.2, -0.15) is 0 Å². The molecule has 0 spiro atoms. The van der Waals surface area contributed by atoms with Gasteiger partial charge in [0.05, 0.1) is 18.2 Å². The molecule has 0 amide bonds. The summed E-state index contributed by atoms with van der Waals surface area (Å²) in [5, 5.41) is 9.82. The van der Waals surface area contributed by atoms with Crippen molar-refractivity contribution in [3.05, 3.63) is 33.8 Å². The first-order chi connectivity index (χ1) is 9.26. The van der Waals surface area contributed by atoms with E-state index in [9.17, 15) is 8.42 Å². The Balaban J connectivity index is 2.47. The molecule has 0 bridgehead atoms. The number of sulfone groups is 1. The van der Waals surface area contributed by atoms with E-state index in [1.807, 2.05) is 0 Å². The lowest BCUT2D eigenvalue weighted by atomic mass is 10.1. The van der Waals surface area contributed by atoms with Gasteiger partial charge in [0.25, 0.3) is 0 Å².